The topological polar surface area (TPSA) is 89.4 Å². The molecule has 1 aliphatic heterocycles. The molecule has 0 spiro atoms. The van der Waals surface area contributed by atoms with Gasteiger partial charge in [-0.1, -0.05) is 6.07 Å². The third kappa shape index (κ3) is 2.82. The van der Waals surface area contributed by atoms with E-state index < -0.39 is 0 Å². The zero-order valence-electron chi connectivity index (χ0n) is 14.1. The second kappa shape index (κ2) is 6.16. The van der Waals surface area contributed by atoms with E-state index in [2.05, 4.69) is 15.0 Å². The van der Waals surface area contributed by atoms with Gasteiger partial charge in [-0.3, -0.25) is 9.20 Å². The molecule has 4 rings (SSSR count). The highest BCUT2D eigenvalue weighted by molar-refractivity contribution is 5.94. The molecule has 7 heteroatoms. The lowest BCUT2D eigenvalue weighted by molar-refractivity contribution is 0.0704. The van der Waals surface area contributed by atoms with Crippen molar-refractivity contribution in [3.05, 3.63) is 53.7 Å². The van der Waals surface area contributed by atoms with Gasteiger partial charge in [0.2, 0.25) is 5.95 Å². The Labute approximate surface area is 145 Å². The number of amides is 1. The summed E-state index contributed by atoms with van der Waals surface area (Å²) in [6, 6.07) is 7.66. The Kier molecular flexibility index (Phi) is 3.83. The highest BCUT2D eigenvalue weighted by Crippen LogP contribution is 2.28. The van der Waals surface area contributed by atoms with E-state index in [9.17, 15) is 4.79 Å². The first-order chi connectivity index (χ1) is 12.1. The number of anilines is 1. The molecule has 1 amide bonds. The van der Waals surface area contributed by atoms with Crippen LogP contribution in [0.4, 0.5) is 5.95 Å². The first-order valence-corrected chi connectivity index (χ1v) is 8.45. The van der Waals surface area contributed by atoms with Gasteiger partial charge in [-0.2, -0.15) is 0 Å². The summed E-state index contributed by atoms with van der Waals surface area (Å²) < 4.78 is 1.87. The van der Waals surface area contributed by atoms with Gasteiger partial charge in [-0.15, -0.1) is 0 Å². The second-order valence-electron chi connectivity index (χ2n) is 6.38. The molecule has 25 heavy (non-hydrogen) atoms. The van der Waals surface area contributed by atoms with Gasteiger partial charge in [0.25, 0.3) is 5.91 Å². The molecule has 3 aromatic rings. The van der Waals surface area contributed by atoms with Crippen LogP contribution in [-0.4, -0.2) is 43.2 Å². The smallest absolute Gasteiger partial charge is 0.272 e. The zero-order valence-corrected chi connectivity index (χ0v) is 14.1. The van der Waals surface area contributed by atoms with Gasteiger partial charge < -0.3 is 10.6 Å². The SMILES string of the molecule is Cc1nc2ccccn2c1C(=O)N1CCC(c2ccnc(N)n2)CC1. The van der Waals surface area contributed by atoms with E-state index in [1.165, 1.54) is 0 Å². The first-order valence-electron chi connectivity index (χ1n) is 8.45. The lowest BCUT2D eigenvalue weighted by Gasteiger charge is -2.31. The number of carbonyl (C=O) groups is 1. The molecular formula is C18H20N6O. The molecule has 0 unspecified atom stereocenters. The normalized spacial score (nSPS) is 15.6. The maximum Gasteiger partial charge on any atom is 0.272 e. The average Bonchev–Trinajstić information content (AvgIpc) is 2.97. The van der Waals surface area contributed by atoms with Crippen molar-refractivity contribution in [2.45, 2.75) is 25.7 Å². The van der Waals surface area contributed by atoms with E-state index in [1.807, 2.05) is 46.7 Å². The van der Waals surface area contributed by atoms with Gasteiger partial charge in [0.05, 0.1) is 5.69 Å². The number of carbonyl (C=O) groups excluding carboxylic acids is 1. The molecule has 0 bridgehead atoms. The molecule has 1 aliphatic rings. The van der Waals surface area contributed by atoms with E-state index in [-0.39, 0.29) is 5.91 Å². The molecular weight excluding hydrogens is 316 g/mol. The third-order valence-electron chi connectivity index (χ3n) is 4.80. The molecule has 2 N–H and O–H groups in total. The van der Waals surface area contributed by atoms with Crippen molar-refractivity contribution in [1.29, 1.82) is 0 Å². The standard InChI is InChI=1S/C18H20N6O/c1-12-16(24-9-3-2-4-15(24)21-12)17(25)23-10-6-13(7-11-23)14-5-8-20-18(19)22-14/h2-5,8-9,13H,6-7,10-11H2,1H3,(H2,19,20,22). The quantitative estimate of drug-likeness (QED) is 0.773. The molecule has 0 radical (unpaired) electrons. The van der Waals surface area contributed by atoms with Crippen molar-refractivity contribution in [3.8, 4) is 0 Å². The number of nitrogen functional groups attached to an aromatic ring is 1. The first kappa shape index (κ1) is 15.6. The molecule has 0 aliphatic carbocycles. The number of hydrogen-bond acceptors (Lipinski definition) is 5. The molecule has 4 heterocycles. The van der Waals surface area contributed by atoms with E-state index in [0.717, 1.165) is 29.9 Å². The van der Waals surface area contributed by atoms with Crippen molar-refractivity contribution >= 4 is 17.5 Å². The van der Waals surface area contributed by atoms with Gasteiger partial charge in [0, 0.05) is 37.1 Å². The summed E-state index contributed by atoms with van der Waals surface area (Å²) in [5.41, 5.74) is 8.86. The van der Waals surface area contributed by atoms with Crippen LogP contribution in [0.5, 0.6) is 0 Å². The maximum absolute atomic E-state index is 13.0. The summed E-state index contributed by atoms with van der Waals surface area (Å²) in [5, 5.41) is 0. The van der Waals surface area contributed by atoms with E-state index >= 15 is 0 Å². The van der Waals surface area contributed by atoms with Gasteiger partial charge in [-0.05, 0) is 38.0 Å². The van der Waals surface area contributed by atoms with Crippen molar-refractivity contribution in [2.24, 2.45) is 0 Å². The molecule has 1 saturated heterocycles. The fourth-order valence-electron chi connectivity index (χ4n) is 3.52. The number of nitrogens with zero attached hydrogens (tertiary/aromatic N) is 5. The van der Waals surface area contributed by atoms with Crippen molar-refractivity contribution in [1.82, 2.24) is 24.3 Å². The minimum absolute atomic E-state index is 0.0388. The number of piperidine rings is 1. The van der Waals surface area contributed by atoms with Crippen LogP contribution in [0.2, 0.25) is 0 Å². The Balaban J connectivity index is 1.52. The summed E-state index contributed by atoms with van der Waals surface area (Å²) in [7, 11) is 0. The maximum atomic E-state index is 13.0. The second-order valence-corrected chi connectivity index (χ2v) is 6.38. The van der Waals surface area contributed by atoms with Gasteiger partial charge in [0.15, 0.2) is 0 Å². The predicted octanol–water partition coefficient (Wildman–Crippen LogP) is 2.03. The average molecular weight is 336 g/mol. The van der Waals surface area contributed by atoms with Crippen LogP contribution in [0.15, 0.2) is 36.7 Å². The highest BCUT2D eigenvalue weighted by atomic mass is 16.2. The summed E-state index contributed by atoms with van der Waals surface area (Å²) in [5.74, 6) is 0.659. The number of rotatable bonds is 2. The number of hydrogen-bond donors (Lipinski definition) is 1. The van der Waals surface area contributed by atoms with Gasteiger partial charge >= 0.3 is 0 Å². The monoisotopic (exact) mass is 336 g/mol. The van der Waals surface area contributed by atoms with Crippen molar-refractivity contribution in [2.75, 3.05) is 18.8 Å². The minimum Gasteiger partial charge on any atom is -0.368 e. The van der Waals surface area contributed by atoms with Crippen molar-refractivity contribution < 1.29 is 4.79 Å². The molecule has 0 saturated carbocycles. The number of imidazole rings is 1. The van der Waals surface area contributed by atoms with Crippen LogP contribution >= 0.6 is 0 Å². The minimum atomic E-state index is 0.0388. The molecule has 0 aromatic carbocycles. The van der Waals surface area contributed by atoms with Crippen LogP contribution in [0.25, 0.3) is 5.65 Å². The Hall–Kier alpha value is -2.96. The van der Waals surface area contributed by atoms with Crippen LogP contribution in [0, 0.1) is 6.92 Å². The van der Waals surface area contributed by atoms with Crippen molar-refractivity contribution in [3.63, 3.8) is 0 Å². The molecule has 3 aromatic heterocycles. The number of aromatic nitrogens is 4. The lowest BCUT2D eigenvalue weighted by atomic mass is 9.93. The predicted molar refractivity (Wildman–Crippen MR) is 94.3 cm³/mol. The number of nitrogens with two attached hydrogens (primary N) is 1. The summed E-state index contributed by atoms with van der Waals surface area (Å²) in [6.45, 7) is 3.29. The number of likely N-dealkylation sites (tertiary alicyclic amines) is 1. The third-order valence-corrected chi connectivity index (χ3v) is 4.80. The summed E-state index contributed by atoms with van der Waals surface area (Å²) >= 11 is 0. The fraction of sp³-hybridized carbons (Fsp3) is 0.333. The van der Waals surface area contributed by atoms with E-state index in [1.54, 1.807) is 6.20 Å². The van der Waals surface area contributed by atoms with E-state index in [0.29, 0.717) is 30.6 Å². The van der Waals surface area contributed by atoms with Gasteiger partial charge in [-0.25, -0.2) is 15.0 Å². The molecule has 7 nitrogen and oxygen atoms in total. The lowest BCUT2D eigenvalue weighted by Crippen LogP contribution is -2.38. The van der Waals surface area contributed by atoms with Crippen LogP contribution in [0.3, 0.4) is 0 Å². The largest absolute Gasteiger partial charge is 0.368 e. The van der Waals surface area contributed by atoms with Crippen LogP contribution in [0.1, 0.15) is 40.6 Å². The number of aryl methyl sites for hydroxylation is 1. The van der Waals surface area contributed by atoms with E-state index in [4.69, 9.17) is 5.73 Å². The highest BCUT2D eigenvalue weighted by Gasteiger charge is 2.28. The Morgan fingerprint density at radius 3 is 2.76 bits per heavy atom. The Morgan fingerprint density at radius 2 is 2.00 bits per heavy atom. The summed E-state index contributed by atoms with van der Waals surface area (Å²) in [4.78, 5) is 27.7. The molecule has 128 valence electrons. The Bertz CT molecular complexity index is 926. The Morgan fingerprint density at radius 1 is 1.20 bits per heavy atom. The number of pyridine rings is 1. The zero-order chi connectivity index (χ0) is 17.4. The molecule has 0 atom stereocenters. The number of fused-ring (bicyclic) bond motifs is 1. The fourth-order valence-corrected chi connectivity index (χ4v) is 3.52. The molecule has 1 fully saturated rings. The van der Waals surface area contributed by atoms with Gasteiger partial charge in [0.1, 0.15) is 11.3 Å². The summed E-state index contributed by atoms with van der Waals surface area (Å²) in [6.07, 6.45) is 5.33. The van der Waals surface area contributed by atoms with Crippen LogP contribution < -0.4 is 5.73 Å². The van der Waals surface area contributed by atoms with Crippen LogP contribution in [-0.2, 0) is 0 Å².